The number of aliphatic hydroxyl groups excluding tert-OH is 2. The number of aliphatic hydroxyl groups is 2. The lowest BCUT2D eigenvalue weighted by Crippen LogP contribution is -2.45. The van der Waals surface area contributed by atoms with E-state index in [1.54, 1.807) is 0 Å². The summed E-state index contributed by atoms with van der Waals surface area (Å²) in [6, 6.07) is -0.540. The van der Waals surface area contributed by atoms with Crippen LogP contribution in [0.1, 0.15) is 341 Å². The SMILES string of the molecule is CCC/C=C\C/C=C\CCCCCCCC(=O)OCCCCCCCCCCC/C=C\C/C=C\CCCCCCCCCCCCCCCCCC(=O)NC(CO)C(O)CCCCCCCCCCCCCC. The maximum absolute atomic E-state index is 12.5. The Hall–Kier alpha value is -2.18. The third kappa shape index (κ3) is 58.9. The molecule has 0 bridgehead atoms. The molecule has 2 atom stereocenters. The minimum atomic E-state index is -0.663. The van der Waals surface area contributed by atoms with Gasteiger partial charge in [0.25, 0.3) is 0 Å². The molecular formula is C67H125NO5. The van der Waals surface area contributed by atoms with Gasteiger partial charge in [0.1, 0.15) is 0 Å². The molecule has 0 rings (SSSR count). The van der Waals surface area contributed by atoms with Crippen LogP contribution in [0.25, 0.3) is 0 Å². The van der Waals surface area contributed by atoms with E-state index in [0.29, 0.717) is 25.9 Å². The lowest BCUT2D eigenvalue weighted by atomic mass is 10.0. The molecule has 2 unspecified atom stereocenters. The van der Waals surface area contributed by atoms with E-state index in [4.69, 9.17) is 4.74 Å². The molecule has 73 heavy (non-hydrogen) atoms. The molecule has 3 N–H and O–H groups in total. The average molecular weight is 1020 g/mol. The molecule has 0 spiro atoms. The first-order chi connectivity index (χ1) is 36.0. The van der Waals surface area contributed by atoms with Crippen molar-refractivity contribution in [1.82, 2.24) is 5.32 Å². The van der Waals surface area contributed by atoms with Gasteiger partial charge in [-0.25, -0.2) is 0 Å². The zero-order valence-corrected chi connectivity index (χ0v) is 48.9. The number of allylic oxidation sites excluding steroid dienone is 8. The second-order valence-electron chi connectivity index (χ2n) is 22.1. The van der Waals surface area contributed by atoms with Crippen molar-refractivity contribution in [2.75, 3.05) is 13.2 Å². The fourth-order valence-corrected chi connectivity index (χ4v) is 9.89. The molecule has 0 aromatic heterocycles. The summed E-state index contributed by atoms with van der Waals surface area (Å²) >= 11 is 0. The largest absolute Gasteiger partial charge is 0.466 e. The number of amides is 1. The molecule has 0 heterocycles. The first-order valence-electron chi connectivity index (χ1n) is 32.4. The van der Waals surface area contributed by atoms with E-state index in [0.717, 1.165) is 57.8 Å². The number of carbonyl (C=O) groups is 2. The van der Waals surface area contributed by atoms with E-state index in [2.05, 4.69) is 67.8 Å². The van der Waals surface area contributed by atoms with Crippen LogP contribution in [0.15, 0.2) is 48.6 Å². The summed E-state index contributed by atoms with van der Waals surface area (Å²) in [6.07, 6.45) is 80.0. The highest BCUT2D eigenvalue weighted by molar-refractivity contribution is 5.76. The second-order valence-corrected chi connectivity index (χ2v) is 22.1. The Morgan fingerprint density at radius 1 is 0.384 bits per heavy atom. The fraction of sp³-hybridized carbons (Fsp3) is 0.851. The van der Waals surface area contributed by atoms with Gasteiger partial charge in [-0.05, 0) is 83.5 Å². The van der Waals surface area contributed by atoms with Crippen molar-refractivity contribution in [2.24, 2.45) is 0 Å². The summed E-state index contributed by atoms with van der Waals surface area (Å²) < 4.78 is 5.47. The first-order valence-corrected chi connectivity index (χ1v) is 32.4. The number of esters is 1. The van der Waals surface area contributed by atoms with Crippen LogP contribution in [0.3, 0.4) is 0 Å². The Labute approximate surface area is 455 Å². The Kier molecular flexibility index (Phi) is 60.5. The second kappa shape index (κ2) is 62.4. The van der Waals surface area contributed by atoms with Crippen LogP contribution >= 0.6 is 0 Å². The predicted octanol–water partition coefficient (Wildman–Crippen LogP) is 20.5. The maximum atomic E-state index is 12.5. The van der Waals surface area contributed by atoms with Gasteiger partial charge in [-0.1, -0.05) is 294 Å². The van der Waals surface area contributed by atoms with E-state index in [9.17, 15) is 19.8 Å². The number of ether oxygens (including phenoxy) is 1. The number of unbranched alkanes of at least 4 members (excludes halogenated alkanes) is 41. The highest BCUT2D eigenvalue weighted by Gasteiger charge is 2.20. The number of carbonyl (C=O) groups excluding carboxylic acids is 2. The summed E-state index contributed by atoms with van der Waals surface area (Å²) in [6.45, 7) is 4.88. The minimum Gasteiger partial charge on any atom is -0.466 e. The lowest BCUT2D eigenvalue weighted by Gasteiger charge is -2.22. The molecule has 6 nitrogen and oxygen atoms in total. The maximum Gasteiger partial charge on any atom is 0.305 e. The van der Waals surface area contributed by atoms with Gasteiger partial charge in [0.2, 0.25) is 5.91 Å². The number of rotatable bonds is 60. The third-order valence-electron chi connectivity index (χ3n) is 14.8. The van der Waals surface area contributed by atoms with Crippen molar-refractivity contribution in [1.29, 1.82) is 0 Å². The van der Waals surface area contributed by atoms with Crippen molar-refractivity contribution < 1.29 is 24.5 Å². The van der Waals surface area contributed by atoms with Crippen LogP contribution in [0.2, 0.25) is 0 Å². The number of hydrogen-bond acceptors (Lipinski definition) is 5. The molecular weight excluding hydrogens is 899 g/mol. The van der Waals surface area contributed by atoms with E-state index in [-0.39, 0.29) is 18.5 Å². The summed E-state index contributed by atoms with van der Waals surface area (Å²) in [5, 5.41) is 23.2. The minimum absolute atomic E-state index is 0.00252. The zero-order valence-electron chi connectivity index (χ0n) is 48.9. The smallest absolute Gasteiger partial charge is 0.305 e. The van der Waals surface area contributed by atoms with Crippen LogP contribution in [-0.4, -0.2) is 47.4 Å². The fourth-order valence-electron chi connectivity index (χ4n) is 9.89. The van der Waals surface area contributed by atoms with Gasteiger partial charge < -0.3 is 20.3 Å². The quantitative estimate of drug-likeness (QED) is 0.0320. The van der Waals surface area contributed by atoms with Gasteiger partial charge in [0, 0.05) is 12.8 Å². The standard InChI is InChI=1S/C67H125NO5/c1-3-5-7-9-11-13-15-36-41-45-49-53-57-61-67(72)73-62-58-54-50-46-42-38-35-33-31-29-27-25-23-21-19-17-18-20-22-24-26-28-30-32-34-37-40-44-48-52-56-60-66(71)68-64(63-69)65(70)59-55-51-47-43-39-16-14-12-10-8-6-4-2/h7,9,13,15,19,21,25,27,64-65,69-70H,3-6,8,10-12,14,16-18,20,22-24,26,28-63H2,1-2H3,(H,68,71)/b9-7-,15-13-,21-19-,27-25-. The lowest BCUT2D eigenvalue weighted by molar-refractivity contribution is -0.143. The van der Waals surface area contributed by atoms with E-state index < -0.39 is 12.1 Å². The summed E-state index contributed by atoms with van der Waals surface area (Å²) in [5.74, 6) is -0.0367. The molecule has 0 aliphatic heterocycles. The number of hydrogen-bond donors (Lipinski definition) is 3. The third-order valence-corrected chi connectivity index (χ3v) is 14.8. The molecule has 0 aliphatic rings. The molecule has 0 aromatic carbocycles. The molecule has 1 amide bonds. The zero-order chi connectivity index (χ0) is 52.9. The molecule has 0 aromatic rings. The van der Waals surface area contributed by atoms with Gasteiger partial charge in [0.15, 0.2) is 0 Å². The Morgan fingerprint density at radius 2 is 0.712 bits per heavy atom. The van der Waals surface area contributed by atoms with Crippen LogP contribution in [0.4, 0.5) is 0 Å². The Bertz CT molecular complexity index is 1230. The molecule has 0 radical (unpaired) electrons. The van der Waals surface area contributed by atoms with Gasteiger partial charge in [-0.2, -0.15) is 0 Å². The summed E-state index contributed by atoms with van der Waals surface area (Å²) in [5.41, 5.74) is 0. The van der Waals surface area contributed by atoms with Crippen molar-refractivity contribution in [3.8, 4) is 0 Å². The van der Waals surface area contributed by atoms with E-state index >= 15 is 0 Å². The molecule has 0 aliphatic carbocycles. The molecule has 6 heteroatoms. The molecule has 0 saturated carbocycles. The first kappa shape index (κ1) is 70.8. The van der Waals surface area contributed by atoms with E-state index in [1.807, 2.05) is 0 Å². The molecule has 0 fully saturated rings. The topological polar surface area (TPSA) is 95.9 Å². The van der Waals surface area contributed by atoms with Gasteiger partial charge in [0.05, 0.1) is 25.4 Å². The highest BCUT2D eigenvalue weighted by atomic mass is 16.5. The monoisotopic (exact) mass is 1020 g/mol. The van der Waals surface area contributed by atoms with Crippen LogP contribution in [0, 0.1) is 0 Å². The predicted molar refractivity (Wildman–Crippen MR) is 319 cm³/mol. The Balaban J connectivity index is 3.39. The molecule has 428 valence electrons. The van der Waals surface area contributed by atoms with Gasteiger partial charge >= 0.3 is 5.97 Å². The normalized spacial score (nSPS) is 12.9. The summed E-state index contributed by atoms with van der Waals surface area (Å²) in [7, 11) is 0. The Morgan fingerprint density at radius 3 is 1.10 bits per heavy atom. The van der Waals surface area contributed by atoms with Crippen LogP contribution in [0.5, 0.6) is 0 Å². The van der Waals surface area contributed by atoms with Crippen molar-refractivity contribution in [3.05, 3.63) is 48.6 Å². The van der Waals surface area contributed by atoms with Crippen LogP contribution < -0.4 is 5.32 Å². The van der Waals surface area contributed by atoms with Crippen LogP contribution in [-0.2, 0) is 14.3 Å². The van der Waals surface area contributed by atoms with Crippen molar-refractivity contribution in [2.45, 2.75) is 353 Å². The van der Waals surface area contributed by atoms with Gasteiger partial charge in [-0.3, -0.25) is 9.59 Å². The van der Waals surface area contributed by atoms with Gasteiger partial charge in [-0.15, -0.1) is 0 Å². The molecule has 0 saturated heterocycles. The van der Waals surface area contributed by atoms with E-state index in [1.165, 1.54) is 250 Å². The number of nitrogens with one attached hydrogen (secondary N) is 1. The average Bonchev–Trinajstić information content (AvgIpc) is 3.39. The van der Waals surface area contributed by atoms with Crippen molar-refractivity contribution >= 4 is 11.9 Å². The summed E-state index contributed by atoms with van der Waals surface area (Å²) in [4.78, 5) is 24.5. The highest BCUT2D eigenvalue weighted by Crippen LogP contribution is 2.17. The van der Waals surface area contributed by atoms with Crippen molar-refractivity contribution in [3.63, 3.8) is 0 Å².